The summed E-state index contributed by atoms with van der Waals surface area (Å²) in [6.45, 7) is 4.00. The monoisotopic (exact) mass is 196 g/mol. The molecule has 14 heavy (non-hydrogen) atoms. The van der Waals surface area contributed by atoms with Gasteiger partial charge in [0.05, 0.1) is 12.7 Å². The zero-order valence-corrected chi connectivity index (χ0v) is 9.00. The van der Waals surface area contributed by atoms with E-state index in [-0.39, 0.29) is 5.91 Å². The fraction of sp³-hybridized carbons (Fsp3) is 0.400. The van der Waals surface area contributed by atoms with Gasteiger partial charge < -0.3 is 10.1 Å². The van der Waals surface area contributed by atoms with E-state index >= 15 is 0 Å². The summed E-state index contributed by atoms with van der Waals surface area (Å²) in [7, 11) is 3.11. The summed E-state index contributed by atoms with van der Waals surface area (Å²) in [4.78, 5) is 14.9. The largest absolute Gasteiger partial charge is 0.481 e. The molecule has 0 spiro atoms. The standard InChI is InChI=1S/C8H10N2O2.C2H6/c1-9-8(11)6-3-4-7(12-2)10-5-6;1-2/h3-5H,1-2H3,(H,9,11);1-2H3. The Kier molecular flexibility index (Phi) is 6.11. The van der Waals surface area contributed by atoms with Gasteiger partial charge in [0.2, 0.25) is 5.88 Å². The van der Waals surface area contributed by atoms with E-state index < -0.39 is 0 Å². The summed E-state index contributed by atoms with van der Waals surface area (Å²) >= 11 is 0. The van der Waals surface area contributed by atoms with E-state index in [0.29, 0.717) is 11.4 Å². The van der Waals surface area contributed by atoms with E-state index in [2.05, 4.69) is 10.3 Å². The molecule has 4 heteroatoms. The van der Waals surface area contributed by atoms with Crippen molar-refractivity contribution in [1.29, 1.82) is 0 Å². The van der Waals surface area contributed by atoms with Gasteiger partial charge in [-0.3, -0.25) is 4.79 Å². The third kappa shape index (κ3) is 3.43. The highest BCUT2D eigenvalue weighted by Gasteiger charge is 2.02. The predicted octanol–water partition coefficient (Wildman–Crippen LogP) is 1.48. The summed E-state index contributed by atoms with van der Waals surface area (Å²) in [5.74, 6) is 0.354. The summed E-state index contributed by atoms with van der Waals surface area (Å²) in [5, 5.41) is 2.50. The van der Waals surface area contributed by atoms with Crippen molar-refractivity contribution in [3.63, 3.8) is 0 Å². The van der Waals surface area contributed by atoms with Gasteiger partial charge in [-0.15, -0.1) is 0 Å². The van der Waals surface area contributed by atoms with Crippen molar-refractivity contribution in [2.24, 2.45) is 0 Å². The molecule has 78 valence electrons. The van der Waals surface area contributed by atoms with Crippen molar-refractivity contribution in [1.82, 2.24) is 10.3 Å². The van der Waals surface area contributed by atoms with E-state index in [9.17, 15) is 4.79 Å². The second-order valence-corrected chi connectivity index (χ2v) is 2.17. The molecule has 0 saturated heterocycles. The lowest BCUT2D eigenvalue weighted by Gasteiger charge is -2.00. The van der Waals surface area contributed by atoms with Crippen molar-refractivity contribution in [2.45, 2.75) is 13.8 Å². The lowest BCUT2D eigenvalue weighted by Crippen LogP contribution is -2.17. The van der Waals surface area contributed by atoms with Gasteiger partial charge in [-0.25, -0.2) is 4.98 Å². The van der Waals surface area contributed by atoms with Gasteiger partial charge in [-0.1, -0.05) is 13.8 Å². The number of hydrogen-bond donors (Lipinski definition) is 1. The first kappa shape index (κ1) is 12.4. The summed E-state index contributed by atoms with van der Waals surface area (Å²) in [6.07, 6.45) is 1.47. The van der Waals surface area contributed by atoms with E-state index in [0.717, 1.165) is 0 Å². The van der Waals surface area contributed by atoms with E-state index in [4.69, 9.17) is 4.74 Å². The van der Waals surface area contributed by atoms with Crippen LogP contribution in [0, 0.1) is 0 Å². The number of nitrogens with one attached hydrogen (secondary N) is 1. The molecule has 0 bridgehead atoms. The van der Waals surface area contributed by atoms with Crippen LogP contribution in [0.5, 0.6) is 5.88 Å². The molecule has 1 aromatic heterocycles. The van der Waals surface area contributed by atoms with Crippen LogP contribution in [0.25, 0.3) is 0 Å². The van der Waals surface area contributed by atoms with Gasteiger partial charge in [-0.2, -0.15) is 0 Å². The third-order valence-electron chi connectivity index (χ3n) is 1.43. The van der Waals surface area contributed by atoms with E-state index in [1.807, 2.05) is 13.8 Å². The maximum Gasteiger partial charge on any atom is 0.252 e. The van der Waals surface area contributed by atoms with Crippen LogP contribution in [-0.2, 0) is 0 Å². The zero-order valence-electron chi connectivity index (χ0n) is 9.00. The number of carbonyl (C=O) groups is 1. The minimum absolute atomic E-state index is 0.148. The van der Waals surface area contributed by atoms with Gasteiger partial charge >= 0.3 is 0 Å². The molecule has 0 saturated carbocycles. The second kappa shape index (κ2) is 6.88. The maximum atomic E-state index is 11.0. The number of aromatic nitrogens is 1. The Morgan fingerprint density at radius 2 is 2.07 bits per heavy atom. The molecule has 0 aliphatic heterocycles. The van der Waals surface area contributed by atoms with Gasteiger partial charge in [0.1, 0.15) is 0 Å². The summed E-state index contributed by atoms with van der Waals surface area (Å²) < 4.78 is 4.84. The topological polar surface area (TPSA) is 51.2 Å². The molecule has 0 aliphatic rings. The maximum absolute atomic E-state index is 11.0. The second-order valence-electron chi connectivity index (χ2n) is 2.17. The molecule has 1 heterocycles. The van der Waals surface area contributed by atoms with Crippen LogP contribution in [0.1, 0.15) is 24.2 Å². The zero-order chi connectivity index (χ0) is 11.0. The molecule has 1 N–H and O–H groups in total. The molecule has 0 unspecified atom stereocenters. The average Bonchev–Trinajstić information content (AvgIpc) is 2.31. The van der Waals surface area contributed by atoms with Crippen molar-refractivity contribution < 1.29 is 9.53 Å². The Morgan fingerprint density at radius 3 is 2.43 bits per heavy atom. The first-order valence-electron chi connectivity index (χ1n) is 4.50. The average molecular weight is 196 g/mol. The molecule has 1 rings (SSSR count). The normalized spacial score (nSPS) is 8.29. The van der Waals surface area contributed by atoms with Crippen LogP contribution in [0.3, 0.4) is 0 Å². The first-order chi connectivity index (χ1) is 6.77. The number of methoxy groups -OCH3 is 1. The van der Waals surface area contributed by atoms with E-state index in [1.165, 1.54) is 13.3 Å². The molecule has 0 atom stereocenters. The molecule has 1 amide bonds. The number of nitrogens with zero attached hydrogens (tertiary/aromatic N) is 1. The lowest BCUT2D eigenvalue weighted by molar-refractivity contribution is 0.0962. The first-order valence-corrected chi connectivity index (χ1v) is 4.50. The molecular weight excluding hydrogens is 180 g/mol. The predicted molar refractivity (Wildman–Crippen MR) is 55.5 cm³/mol. The number of ether oxygens (including phenoxy) is 1. The summed E-state index contributed by atoms with van der Waals surface area (Å²) in [5.41, 5.74) is 0.526. The van der Waals surface area contributed by atoms with Crippen LogP contribution in [0.4, 0.5) is 0 Å². The number of rotatable bonds is 2. The smallest absolute Gasteiger partial charge is 0.252 e. The van der Waals surface area contributed by atoms with Gasteiger partial charge in [0.15, 0.2) is 0 Å². The van der Waals surface area contributed by atoms with Gasteiger partial charge in [0.25, 0.3) is 5.91 Å². The Morgan fingerprint density at radius 1 is 1.43 bits per heavy atom. The quantitative estimate of drug-likeness (QED) is 0.779. The molecular formula is C10H16N2O2. The van der Waals surface area contributed by atoms with Crippen molar-refractivity contribution in [2.75, 3.05) is 14.2 Å². The Bertz CT molecular complexity index is 270. The number of pyridine rings is 1. The Hall–Kier alpha value is -1.58. The van der Waals surface area contributed by atoms with Crippen LogP contribution < -0.4 is 10.1 Å². The molecule has 0 aromatic carbocycles. The van der Waals surface area contributed by atoms with Crippen LogP contribution in [-0.4, -0.2) is 25.0 Å². The third-order valence-corrected chi connectivity index (χ3v) is 1.43. The lowest BCUT2D eigenvalue weighted by atomic mass is 10.3. The fourth-order valence-electron chi connectivity index (χ4n) is 0.780. The minimum Gasteiger partial charge on any atom is -0.481 e. The number of hydrogen-bond acceptors (Lipinski definition) is 3. The van der Waals surface area contributed by atoms with Crippen LogP contribution >= 0.6 is 0 Å². The van der Waals surface area contributed by atoms with Crippen molar-refractivity contribution in [3.05, 3.63) is 23.9 Å². The van der Waals surface area contributed by atoms with E-state index in [1.54, 1.807) is 19.2 Å². The number of carbonyl (C=O) groups excluding carboxylic acids is 1. The molecule has 4 nitrogen and oxygen atoms in total. The SMILES string of the molecule is CC.CNC(=O)c1ccc(OC)nc1. The van der Waals surface area contributed by atoms with Crippen molar-refractivity contribution in [3.8, 4) is 5.88 Å². The molecule has 1 aromatic rings. The number of amides is 1. The van der Waals surface area contributed by atoms with Crippen LogP contribution in [0.15, 0.2) is 18.3 Å². The van der Waals surface area contributed by atoms with Crippen LogP contribution in [0.2, 0.25) is 0 Å². The Labute approximate surface area is 84.3 Å². The fourth-order valence-corrected chi connectivity index (χ4v) is 0.780. The highest BCUT2D eigenvalue weighted by Crippen LogP contribution is 2.05. The minimum atomic E-state index is -0.148. The van der Waals surface area contributed by atoms with Gasteiger partial charge in [-0.05, 0) is 6.07 Å². The van der Waals surface area contributed by atoms with Gasteiger partial charge in [0, 0.05) is 19.3 Å². The molecule has 0 aliphatic carbocycles. The molecule has 0 fully saturated rings. The van der Waals surface area contributed by atoms with Crippen molar-refractivity contribution >= 4 is 5.91 Å². The highest BCUT2D eigenvalue weighted by atomic mass is 16.5. The molecule has 0 radical (unpaired) electrons. The Balaban J connectivity index is 0.000000791. The summed E-state index contributed by atoms with van der Waals surface area (Å²) in [6, 6.07) is 3.30. The highest BCUT2D eigenvalue weighted by molar-refractivity contribution is 5.93.